The number of nitrogens with zero attached hydrogens (tertiary/aromatic N) is 2. The number of hydrogen-bond donors (Lipinski definition) is 1. The van der Waals surface area contributed by atoms with Gasteiger partial charge in [-0.1, -0.05) is 0 Å². The Balaban J connectivity index is 3.29. The predicted molar refractivity (Wildman–Crippen MR) is 37.1 cm³/mol. The van der Waals surface area contributed by atoms with E-state index in [0.717, 1.165) is 11.4 Å². The van der Waals surface area contributed by atoms with Crippen molar-refractivity contribution in [2.75, 3.05) is 5.73 Å². The molecule has 0 aromatic carbocycles. The second-order valence-electron chi connectivity index (χ2n) is 2.20. The molecule has 0 bridgehead atoms. The largest absolute Gasteiger partial charge is 0.369 e. The van der Waals surface area contributed by atoms with Crippen molar-refractivity contribution < 1.29 is 0 Å². The van der Waals surface area contributed by atoms with E-state index in [1.54, 1.807) is 0 Å². The maximum atomic E-state index is 5.49. The molecular formula is C6H11N3. The van der Waals surface area contributed by atoms with Gasteiger partial charge >= 0.3 is 0 Å². The molecule has 50 valence electrons. The Kier molecular flexibility index (Phi) is 1.20. The van der Waals surface area contributed by atoms with Crippen LogP contribution in [0.1, 0.15) is 11.4 Å². The van der Waals surface area contributed by atoms with Crippen molar-refractivity contribution in [2.45, 2.75) is 13.8 Å². The van der Waals surface area contributed by atoms with Gasteiger partial charge in [0.25, 0.3) is 0 Å². The average molecular weight is 125 g/mol. The highest BCUT2D eigenvalue weighted by atomic mass is 15.1. The lowest BCUT2D eigenvalue weighted by molar-refractivity contribution is 0.885. The van der Waals surface area contributed by atoms with E-state index in [2.05, 4.69) is 4.98 Å². The minimum absolute atomic E-state index is 0.588. The van der Waals surface area contributed by atoms with Crippen molar-refractivity contribution in [3.05, 3.63) is 11.4 Å². The number of imidazole rings is 1. The van der Waals surface area contributed by atoms with Gasteiger partial charge in [-0.05, 0) is 13.8 Å². The standard InChI is InChI=1S/C6H11N3/c1-4-5(2)9(3)6(7)8-4/h1-3H3,(H2,7,8). The number of aryl methyl sites for hydroxylation is 1. The van der Waals surface area contributed by atoms with Gasteiger partial charge in [0, 0.05) is 12.7 Å². The van der Waals surface area contributed by atoms with Gasteiger partial charge in [-0.2, -0.15) is 0 Å². The summed E-state index contributed by atoms with van der Waals surface area (Å²) in [6, 6.07) is 0. The molecule has 1 aromatic rings. The van der Waals surface area contributed by atoms with E-state index >= 15 is 0 Å². The molecule has 1 rings (SSSR count). The molecular weight excluding hydrogens is 114 g/mol. The zero-order chi connectivity index (χ0) is 7.02. The van der Waals surface area contributed by atoms with Crippen LogP contribution in [0.15, 0.2) is 0 Å². The Bertz CT molecular complexity index is 202. The first-order valence-corrected chi connectivity index (χ1v) is 2.88. The SMILES string of the molecule is Cc1nc(N)n(C)c1C. The van der Waals surface area contributed by atoms with Gasteiger partial charge in [-0.15, -0.1) is 0 Å². The summed E-state index contributed by atoms with van der Waals surface area (Å²) in [5, 5.41) is 0. The van der Waals surface area contributed by atoms with E-state index in [4.69, 9.17) is 5.73 Å². The van der Waals surface area contributed by atoms with E-state index in [-0.39, 0.29) is 0 Å². The fourth-order valence-corrected chi connectivity index (χ4v) is 0.742. The smallest absolute Gasteiger partial charge is 0.200 e. The molecule has 1 heterocycles. The highest BCUT2D eigenvalue weighted by molar-refractivity contribution is 5.26. The molecule has 0 unspecified atom stereocenters. The predicted octanol–water partition coefficient (Wildman–Crippen LogP) is 0.619. The number of nitrogens with two attached hydrogens (primary N) is 1. The third kappa shape index (κ3) is 0.781. The third-order valence-corrected chi connectivity index (χ3v) is 1.65. The highest BCUT2D eigenvalue weighted by Gasteiger charge is 2.01. The zero-order valence-corrected chi connectivity index (χ0v) is 5.97. The van der Waals surface area contributed by atoms with Crippen LogP contribution in [0.25, 0.3) is 0 Å². The van der Waals surface area contributed by atoms with Crippen LogP contribution in [0.4, 0.5) is 5.95 Å². The van der Waals surface area contributed by atoms with Crippen LogP contribution in [-0.4, -0.2) is 9.55 Å². The minimum Gasteiger partial charge on any atom is -0.369 e. The van der Waals surface area contributed by atoms with E-state index in [1.807, 2.05) is 25.5 Å². The summed E-state index contributed by atoms with van der Waals surface area (Å²) in [7, 11) is 1.91. The van der Waals surface area contributed by atoms with E-state index in [9.17, 15) is 0 Å². The summed E-state index contributed by atoms with van der Waals surface area (Å²) in [6.45, 7) is 3.95. The van der Waals surface area contributed by atoms with Crippen molar-refractivity contribution in [1.29, 1.82) is 0 Å². The lowest BCUT2D eigenvalue weighted by atomic mass is 10.4. The number of anilines is 1. The molecule has 0 radical (unpaired) electrons. The van der Waals surface area contributed by atoms with Crippen molar-refractivity contribution >= 4 is 5.95 Å². The molecule has 0 atom stereocenters. The molecule has 3 heteroatoms. The summed E-state index contributed by atoms with van der Waals surface area (Å²) < 4.78 is 1.87. The summed E-state index contributed by atoms with van der Waals surface area (Å²) in [5.41, 5.74) is 7.63. The molecule has 0 aliphatic rings. The normalized spacial score (nSPS) is 10.1. The summed E-state index contributed by atoms with van der Waals surface area (Å²) in [4.78, 5) is 4.05. The molecule has 0 spiro atoms. The first-order valence-electron chi connectivity index (χ1n) is 2.88. The Morgan fingerprint density at radius 3 is 2.11 bits per heavy atom. The number of hydrogen-bond acceptors (Lipinski definition) is 2. The fourth-order valence-electron chi connectivity index (χ4n) is 0.742. The number of aromatic nitrogens is 2. The maximum absolute atomic E-state index is 5.49. The quantitative estimate of drug-likeness (QED) is 0.552. The van der Waals surface area contributed by atoms with E-state index in [1.165, 1.54) is 0 Å². The second kappa shape index (κ2) is 1.76. The van der Waals surface area contributed by atoms with Gasteiger partial charge in [0.05, 0.1) is 5.69 Å². The monoisotopic (exact) mass is 125 g/mol. The summed E-state index contributed by atoms with van der Waals surface area (Å²) in [6.07, 6.45) is 0. The summed E-state index contributed by atoms with van der Waals surface area (Å²) >= 11 is 0. The van der Waals surface area contributed by atoms with E-state index in [0.29, 0.717) is 5.95 Å². The van der Waals surface area contributed by atoms with Gasteiger partial charge in [-0.3, -0.25) is 0 Å². The number of rotatable bonds is 0. The molecule has 0 saturated carbocycles. The molecule has 0 fully saturated rings. The Labute approximate surface area is 54.5 Å². The van der Waals surface area contributed by atoms with Crippen LogP contribution in [0.2, 0.25) is 0 Å². The van der Waals surface area contributed by atoms with Gasteiger partial charge in [0.2, 0.25) is 0 Å². The van der Waals surface area contributed by atoms with Gasteiger partial charge in [0.15, 0.2) is 5.95 Å². The zero-order valence-electron chi connectivity index (χ0n) is 5.97. The van der Waals surface area contributed by atoms with Crippen LogP contribution >= 0.6 is 0 Å². The van der Waals surface area contributed by atoms with Crippen molar-refractivity contribution in [1.82, 2.24) is 9.55 Å². The van der Waals surface area contributed by atoms with Gasteiger partial charge in [0.1, 0.15) is 0 Å². The third-order valence-electron chi connectivity index (χ3n) is 1.65. The maximum Gasteiger partial charge on any atom is 0.200 e. The van der Waals surface area contributed by atoms with Crippen LogP contribution in [0.5, 0.6) is 0 Å². The molecule has 0 amide bonds. The molecule has 0 saturated heterocycles. The molecule has 3 nitrogen and oxygen atoms in total. The first kappa shape index (κ1) is 6.13. The van der Waals surface area contributed by atoms with Gasteiger partial charge < -0.3 is 10.3 Å². The van der Waals surface area contributed by atoms with Crippen molar-refractivity contribution in [3.63, 3.8) is 0 Å². The van der Waals surface area contributed by atoms with Crippen molar-refractivity contribution in [3.8, 4) is 0 Å². The van der Waals surface area contributed by atoms with Crippen LogP contribution in [0.3, 0.4) is 0 Å². The van der Waals surface area contributed by atoms with Crippen molar-refractivity contribution in [2.24, 2.45) is 7.05 Å². The number of nitrogen functional groups attached to an aromatic ring is 1. The Morgan fingerprint density at radius 2 is 2.00 bits per heavy atom. The fraction of sp³-hybridized carbons (Fsp3) is 0.500. The minimum atomic E-state index is 0.588. The molecule has 9 heavy (non-hydrogen) atoms. The Hall–Kier alpha value is -0.990. The van der Waals surface area contributed by atoms with Crippen LogP contribution < -0.4 is 5.73 Å². The van der Waals surface area contributed by atoms with E-state index < -0.39 is 0 Å². The highest BCUT2D eigenvalue weighted by Crippen LogP contribution is 2.07. The molecule has 0 aliphatic carbocycles. The lowest BCUT2D eigenvalue weighted by Crippen LogP contribution is -1.97. The van der Waals surface area contributed by atoms with Crippen LogP contribution in [0, 0.1) is 13.8 Å². The first-order chi connectivity index (χ1) is 4.13. The van der Waals surface area contributed by atoms with Gasteiger partial charge in [-0.25, -0.2) is 4.98 Å². The van der Waals surface area contributed by atoms with Crippen LogP contribution in [-0.2, 0) is 7.05 Å². The lowest BCUT2D eigenvalue weighted by Gasteiger charge is -1.94. The molecule has 0 aliphatic heterocycles. The molecule has 2 N–H and O–H groups in total. The Morgan fingerprint density at radius 1 is 1.44 bits per heavy atom. The average Bonchev–Trinajstić information content (AvgIpc) is 1.98. The summed E-state index contributed by atoms with van der Waals surface area (Å²) in [5.74, 6) is 0.588. The topological polar surface area (TPSA) is 43.8 Å². The second-order valence-corrected chi connectivity index (χ2v) is 2.20. The molecule has 1 aromatic heterocycles.